The van der Waals surface area contributed by atoms with Crippen LogP contribution in [0.15, 0.2) is 58.4 Å². The Morgan fingerprint density at radius 2 is 1.44 bits per heavy atom. The molecule has 4 nitrogen and oxygen atoms in total. The summed E-state index contributed by atoms with van der Waals surface area (Å²) < 4.78 is 19.7. The van der Waals surface area contributed by atoms with Gasteiger partial charge in [-0.2, -0.15) is 4.99 Å². The Balaban J connectivity index is 2.31. The second kappa shape index (κ2) is 5.51. The molecule has 0 aromatic heterocycles. The van der Waals surface area contributed by atoms with E-state index in [0.717, 1.165) is 11.1 Å². The van der Waals surface area contributed by atoms with Gasteiger partial charge < -0.3 is 4.55 Å². The molecule has 2 aromatic carbocycles. The molecule has 0 bridgehead atoms. The van der Waals surface area contributed by atoms with E-state index in [-0.39, 0.29) is 0 Å². The van der Waals surface area contributed by atoms with Crippen molar-refractivity contribution in [3.8, 4) is 11.1 Å². The smallest absolute Gasteiger partial charge is 0.240 e. The first kappa shape index (κ1) is 12.4. The van der Waals surface area contributed by atoms with Gasteiger partial charge in [-0.15, -0.1) is 0 Å². The lowest BCUT2D eigenvalue weighted by molar-refractivity contribution is 0.563. The highest BCUT2D eigenvalue weighted by Gasteiger charge is 2.01. The van der Waals surface area contributed by atoms with Crippen molar-refractivity contribution < 1.29 is 13.6 Å². The van der Waals surface area contributed by atoms with Crippen molar-refractivity contribution in [1.29, 1.82) is 0 Å². The zero-order chi connectivity index (χ0) is 13.0. The molecule has 0 radical (unpaired) electrons. The molecule has 0 heterocycles. The Morgan fingerprint density at radius 3 is 1.89 bits per heavy atom. The Labute approximate surface area is 106 Å². The van der Waals surface area contributed by atoms with E-state index in [4.69, 9.17) is 4.55 Å². The van der Waals surface area contributed by atoms with Crippen molar-refractivity contribution in [1.82, 2.24) is 0 Å². The number of hydrogen-bond donors (Lipinski definition) is 1. The molecule has 2 aromatic rings. The van der Waals surface area contributed by atoms with Crippen molar-refractivity contribution >= 4 is 22.8 Å². The van der Waals surface area contributed by atoms with E-state index in [2.05, 4.69) is 4.99 Å². The van der Waals surface area contributed by atoms with Crippen molar-refractivity contribution in [3.05, 3.63) is 48.5 Å². The third-order valence-corrected chi connectivity index (χ3v) is 3.11. The molecule has 0 fully saturated rings. The van der Waals surface area contributed by atoms with E-state index < -0.39 is 11.1 Å². The average Bonchev–Trinajstić information content (AvgIpc) is 2.40. The molecule has 0 saturated heterocycles. The van der Waals surface area contributed by atoms with Crippen LogP contribution >= 0.6 is 0 Å². The predicted octanol–water partition coefficient (Wildman–Crippen LogP) is 2.90. The highest BCUT2D eigenvalue weighted by molar-refractivity contribution is 7.79. The Morgan fingerprint density at radius 1 is 0.944 bits per heavy atom. The summed E-state index contributed by atoms with van der Waals surface area (Å²) >= 11 is -1.96. The average molecular weight is 259 g/mol. The molecule has 0 amide bonds. The van der Waals surface area contributed by atoms with E-state index in [9.17, 15) is 9.00 Å². The van der Waals surface area contributed by atoms with Crippen LogP contribution in [-0.4, -0.2) is 14.8 Å². The zero-order valence-corrected chi connectivity index (χ0v) is 10.1. The van der Waals surface area contributed by atoms with Crippen LogP contribution in [0.5, 0.6) is 0 Å². The lowest BCUT2D eigenvalue weighted by Gasteiger charge is -2.02. The Bertz CT molecular complexity index is 570. The second-order valence-electron chi connectivity index (χ2n) is 3.52. The first-order valence-corrected chi connectivity index (χ1v) is 6.20. The number of carbonyl (C=O) groups excluding carboxylic acids is 1. The second-order valence-corrected chi connectivity index (χ2v) is 4.49. The summed E-state index contributed by atoms with van der Waals surface area (Å²) in [6.07, 6.45) is 1.48. The molecule has 0 spiro atoms. The molecule has 1 atom stereocenters. The topological polar surface area (TPSA) is 66.7 Å². The van der Waals surface area contributed by atoms with Gasteiger partial charge in [-0.3, -0.25) is 0 Å². The van der Waals surface area contributed by atoms with E-state index in [0.29, 0.717) is 10.6 Å². The lowest BCUT2D eigenvalue weighted by Crippen LogP contribution is -1.87. The fourth-order valence-corrected chi connectivity index (χ4v) is 1.91. The number of aliphatic imine (C=N–C) groups is 1. The van der Waals surface area contributed by atoms with Crippen LogP contribution in [0.1, 0.15) is 0 Å². The maximum Gasteiger partial charge on any atom is 0.240 e. The minimum absolute atomic E-state index is 0.362. The van der Waals surface area contributed by atoms with Crippen LogP contribution in [0.25, 0.3) is 11.1 Å². The molecular formula is C13H9NO3S. The number of hydrogen-bond acceptors (Lipinski definition) is 3. The van der Waals surface area contributed by atoms with Crippen LogP contribution in [0.2, 0.25) is 0 Å². The van der Waals surface area contributed by atoms with Crippen LogP contribution in [0.4, 0.5) is 5.69 Å². The summed E-state index contributed by atoms with van der Waals surface area (Å²) in [5.74, 6) is 0. The molecule has 5 heteroatoms. The molecule has 0 aliphatic rings. The van der Waals surface area contributed by atoms with Gasteiger partial charge in [0.15, 0.2) is 11.1 Å². The first-order valence-electron chi connectivity index (χ1n) is 5.10. The van der Waals surface area contributed by atoms with Gasteiger partial charge in [0.25, 0.3) is 0 Å². The molecule has 0 aliphatic heterocycles. The summed E-state index contributed by atoms with van der Waals surface area (Å²) in [6.45, 7) is 0. The zero-order valence-electron chi connectivity index (χ0n) is 9.24. The monoisotopic (exact) mass is 259 g/mol. The van der Waals surface area contributed by atoms with Gasteiger partial charge in [0, 0.05) is 0 Å². The van der Waals surface area contributed by atoms with Gasteiger partial charge >= 0.3 is 0 Å². The molecule has 0 aliphatic carbocycles. The highest BCUT2D eigenvalue weighted by atomic mass is 32.2. The minimum Gasteiger partial charge on any atom is -0.302 e. The third kappa shape index (κ3) is 2.78. The van der Waals surface area contributed by atoms with Crippen LogP contribution in [0.3, 0.4) is 0 Å². The Hall–Kier alpha value is -2.07. The van der Waals surface area contributed by atoms with Gasteiger partial charge in [0.2, 0.25) is 6.08 Å². The van der Waals surface area contributed by atoms with Crippen LogP contribution < -0.4 is 0 Å². The predicted molar refractivity (Wildman–Crippen MR) is 68.7 cm³/mol. The summed E-state index contributed by atoms with van der Waals surface area (Å²) in [7, 11) is 0. The molecule has 1 unspecified atom stereocenters. The van der Waals surface area contributed by atoms with Gasteiger partial charge in [-0.05, 0) is 35.4 Å². The summed E-state index contributed by atoms with van der Waals surface area (Å²) in [5.41, 5.74) is 2.41. The van der Waals surface area contributed by atoms with Crippen molar-refractivity contribution in [3.63, 3.8) is 0 Å². The summed E-state index contributed by atoms with van der Waals surface area (Å²) in [5, 5.41) is 0. The van der Waals surface area contributed by atoms with Gasteiger partial charge in [0.05, 0.1) is 10.6 Å². The number of benzene rings is 2. The SMILES string of the molecule is O=C=Nc1ccc(-c2ccc(S(=O)O)cc2)cc1. The van der Waals surface area contributed by atoms with E-state index >= 15 is 0 Å². The quantitative estimate of drug-likeness (QED) is 0.523. The van der Waals surface area contributed by atoms with Gasteiger partial charge in [0.1, 0.15) is 0 Å². The standard InChI is InChI=1S/C13H9NO3S/c15-9-14-12-5-1-10(2-6-12)11-3-7-13(8-4-11)18(16)17/h1-8H,(H,16,17). The van der Waals surface area contributed by atoms with E-state index in [1.165, 1.54) is 6.08 Å². The fraction of sp³-hybridized carbons (Fsp3) is 0. The first-order chi connectivity index (χ1) is 8.70. The maximum absolute atomic E-state index is 10.8. The van der Waals surface area contributed by atoms with E-state index in [1.807, 2.05) is 12.1 Å². The molecule has 0 saturated carbocycles. The molecular weight excluding hydrogens is 250 g/mol. The van der Waals surface area contributed by atoms with Gasteiger partial charge in [-0.25, -0.2) is 9.00 Å². The van der Waals surface area contributed by atoms with Crippen LogP contribution in [-0.2, 0) is 15.9 Å². The highest BCUT2D eigenvalue weighted by Crippen LogP contribution is 2.23. The number of rotatable bonds is 3. The summed E-state index contributed by atoms with van der Waals surface area (Å²) in [4.78, 5) is 13.9. The third-order valence-electron chi connectivity index (χ3n) is 2.43. The van der Waals surface area contributed by atoms with Crippen molar-refractivity contribution in [2.75, 3.05) is 0 Å². The lowest BCUT2D eigenvalue weighted by atomic mass is 10.1. The van der Waals surface area contributed by atoms with E-state index in [1.54, 1.807) is 36.4 Å². The molecule has 1 N–H and O–H groups in total. The van der Waals surface area contributed by atoms with Crippen molar-refractivity contribution in [2.45, 2.75) is 4.90 Å². The Kier molecular flexibility index (Phi) is 3.79. The molecule has 2 rings (SSSR count). The normalized spacial score (nSPS) is 11.6. The number of nitrogens with zero attached hydrogens (tertiary/aromatic N) is 1. The van der Waals surface area contributed by atoms with Gasteiger partial charge in [-0.1, -0.05) is 24.3 Å². The minimum atomic E-state index is -1.96. The maximum atomic E-state index is 10.8. The molecule has 90 valence electrons. The summed E-state index contributed by atoms with van der Waals surface area (Å²) in [6, 6.07) is 13.8. The molecule has 18 heavy (non-hydrogen) atoms. The van der Waals surface area contributed by atoms with Crippen LogP contribution in [0, 0.1) is 0 Å². The van der Waals surface area contributed by atoms with Crippen molar-refractivity contribution in [2.24, 2.45) is 4.99 Å². The fourth-order valence-electron chi connectivity index (χ4n) is 1.54. The largest absolute Gasteiger partial charge is 0.302 e. The number of isocyanates is 1.